The second kappa shape index (κ2) is 5.76. The topological polar surface area (TPSA) is 116 Å². The Labute approximate surface area is 96.2 Å². The minimum Gasteiger partial charge on any atom is -0.479 e. The predicted molar refractivity (Wildman–Crippen MR) is 51.0 cm³/mol. The van der Waals surface area contributed by atoms with Crippen LogP contribution in [0.15, 0.2) is 0 Å². The van der Waals surface area contributed by atoms with Gasteiger partial charge in [0, 0.05) is 5.88 Å². The summed E-state index contributed by atoms with van der Waals surface area (Å²) in [5, 5.41) is 36.8. The molecule has 0 spiro atoms. The van der Waals surface area contributed by atoms with Gasteiger partial charge in [-0.25, -0.2) is 4.79 Å². The van der Waals surface area contributed by atoms with Gasteiger partial charge in [0.1, 0.15) is 18.3 Å². The largest absolute Gasteiger partial charge is 0.479 e. The summed E-state index contributed by atoms with van der Waals surface area (Å²) in [6.07, 6.45) is -7.83. The van der Waals surface area contributed by atoms with E-state index in [9.17, 15) is 20.1 Å². The van der Waals surface area contributed by atoms with Crippen molar-refractivity contribution in [2.75, 3.05) is 12.5 Å². The fourth-order valence-electron chi connectivity index (χ4n) is 1.35. The summed E-state index contributed by atoms with van der Waals surface area (Å²) >= 11 is 5.34. The fraction of sp³-hybridized carbons (Fsp3) is 0.875. The first kappa shape index (κ1) is 13.6. The van der Waals surface area contributed by atoms with Gasteiger partial charge in [0.05, 0.1) is 6.61 Å². The Morgan fingerprint density at radius 1 is 1.25 bits per heavy atom. The van der Waals surface area contributed by atoms with Gasteiger partial charge in [-0.1, -0.05) is 0 Å². The molecule has 0 aromatic rings. The zero-order chi connectivity index (χ0) is 12.3. The summed E-state index contributed by atoms with van der Waals surface area (Å²) in [5.41, 5.74) is 0. The van der Waals surface area contributed by atoms with Crippen molar-refractivity contribution in [1.29, 1.82) is 0 Å². The number of carboxylic acids is 1. The van der Waals surface area contributed by atoms with Crippen LogP contribution in [-0.2, 0) is 14.3 Å². The van der Waals surface area contributed by atoms with Gasteiger partial charge in [-0.3, -0.25) is 0 Å². The number of rotatable bonds is 4. The molecule has 0 amide bonds. The highest BCUT2D eigenvalue weighted by molar-refractivity contribution is 6.17. The van der Waals surface area contributed by atoms with E-state index < -0.39 is 36.7 Å². The smallest absolute Gasteiger partial charge is 0.335 e. The average Bonchev–Trinajstić information content (AvgIpc) is 2.24. The summed E-state index contributed by atoms with van der Waals surface area (Å²) in [7, 11) is 0. The van der Waals surface area contributed by atoms with Crippen molar-refractivity contribution in [2.45, 2.75) is 30.7 Å². The molecule has 0 aromatic carbocycles. The van der Waals surface area contributed by atoms with Crippen LogP contribution in [-0.4, -0.2) is 69.6 Å². The van der Waals surface area contributed by atoms with E-state index in [0.29, 0.717) is 0 Å². The van der Waals surface area contributed by atoms with Crippen molar-refractivity contribution in [3.63, 3.8) is 0 Å². The van der Waals surface area contributed by atoms with Crippen LogP contribution >= 0.6 is 11.6 Å². The monoisotopic (exact) mass is 256 g/mol. The van der Waals surface area contributed by atoms with Crippen molar-refractivity contribution in [3.05, 3.63) is 0 Å². The van der Waals surface area contributed by atoms with Gasteiger partial charge in [-0.15, -0.1) is 11.6 Å². The third-order valence-electron chi connectivity index (χ3n) is 2.17. The predicted octanol–water partition coefficient (Wildman–Crippen LogP) is -1.87. The first-order valence-electron chi connectivity index (χ1n) is 4.59. The van der Waals surface area contributed by atoms with E-state index in [-0.39, 0.29) is 12.5 Å². The molecule has 1 fully saturated rings. The Morgan fingerprint density at radius 3 is 2.38 bits per heavy atom. The summed E-state index contributed by atoms with van der Waals surface area (Å²) in [5.74, 6) is -1.32. The van der Waals surface area contributed by atoms with Crippen molar-refractivity contribution >= 4 is 17.6 Å². The first-order chi connectivity index (χ1) is 7.49. The minimum absolute atomic E-state index is 0.0262. The molecule has 1 aliphatic rings. The molecule has 0 radical (unpaired) electrons. The maximum absolute atomic E-state index is 10.7. The summed E-state index contributed by atoms with van der Waals surface area (Å²) < 4.78 is 9.71. The molecule has 0 aliphatic carbocycles. The maximum Gasteiger partial charge on any atom is 0.335 e. The zero-order valence-corrected chi connectivity index (χ0v) is 8.95. The van der Waals surface area contributed by atoms with Gasteiger partial charge in [-0.05, 0) is 0 Å². The number of aliphatic carboxylic acids is 1. The third-order valence-corrected chi connectivity index (χ3v) is 2.33. The van der Waals surface area contributed by atoms with Crippen LogP contribution in [0.2, 0.25) is 0 Å². The van der Waals surface area contributed by atoms with Crippen LogP contribution < -0.4 is 0 Å². The molecule has 1 aliphatic heterocycles. The zero-order valence-electron chi connectivity index (χ0n) is 8.19. The number of alkyl halides is 1. The standard InChI is InChI=1S/C8H13ClO7/c9-1-2-15-8-5(12)3(10)4(11)6(16-8)7(13)14/h3-6,8,10-12H,1-2H2,(H,13,14)/t3-,4-,5+,6-,8+/m0/s1. The van der Waals surface area contributed by atoms with E-state index in [0.717, 1.165) is 0 Å². The number of aliphatic hydroxyl groups is 3. The molecule has 16 heavy (non-hydrogen) atoms. The average molecular weight is 257 g/mol. The second-order valence-electron chi connectivity index (χ2n) is 3.29. The van der Waals surface area contributed by atoms with Crippen LogP contribution in [0.5, 0.6) is 0 Å². The van der Waals surface area contributed by atoms with Crippen molar-refractivity contribution in [2.24, 2.45) is 0 Å². The number of hydrogen-bond donors (Lipinski definition) is 4. The number of hydrogen-bond acceptors (Lipinski definition) is 6. The minimum atomic E-state index is -1.71. The highest BCUT2D eigenvalue weighted by Gasteiger charge is 2.47. The summed E-state index contributed by atoms with van der Waals surface area (Å²) in [6, 6.07) is 0. The van der Waals surface area contributed by atoms with Gasteiger partial charge in [0.2, 0.25) is 0 Å². The van der Waals surface area contributed by atoms with Crippen LogP contribution in [0.3, 0.4) is 0 Å². The van der Waals surface area contributed by atoms with E-state index in [1.165, 1.54) is 0 Å². The lowest BCUT2D eigenvalue weighted by molar-refractivity contribution is -0.292. The Balaban J connectivity index is 2.69. The third kappa shape index (κ3) is 2.82. The van der Waals surface area contributed by atoms with Crippen molar-refractivity contribution in [1.82, 2.24) is 0 Å². The quantitative estimate of drug-likeness (QED) is 0.436. The molecule has 0 saturated carbocycles. The lowest BCUT2D eigenvalue weighted by atomic mass is 9.99. The van der Waals surface area contributed by atoms with Gasteiger partial charge >= 0.3 is 5.97 Å². The number of aliphatic hydroxyl groups excluding tert-OH is 3. The van der Waals surface area contributed by atoms with E-state index in [1.54, 1.807) is 0 Å². The molecule has 1 rings (SSSR count). The van der Waals surface area contributed by atoms with Gasteiger partial charge in [-0.2, -0.15) is 0 Å². The van der Waals surface area contributed by atoms with E-state index >= 15 is 0 Å². The number of carbonyl (C=O) groups is 1. The molecule has 7 nitrogen and oxygen atoms in total. The van der Waals surface area contributed by atoms with Crippen LogP contribution in [0.4, 0.5) is 0 Å². The molecule has 94 valence electrons. The number of halogens is 1. The molecule has 4 N–H and O–H groups in total. The Kier molecular flexibility index (Phi) is 4.90. The Hall–Kier alpha value is -0.440. The molecule has 1 saturated heterocycles. The molecular weight excluding hydrogens is 244 g/mol. The van der Waals surface area contributed by atoms with E-state index in [2.05, 4.69) is 0 Å². The molecule has 8 heteroatoms. The van der Waals surface area contributed by atoms with Gasteiger partial charge < -0.3 is 29.9 Å². The SMILES string of the molecule is O=C(O)[C@H]1O[C@@H](OCCCl)[C@H](O)[C@@H](O)[C@@H]1O. The van der Waals surface area contributed by atoms with Gasteiger partial charge in [0.25, 0.3) is 0 Å². The van der Waals surface area contributed by atoms with Crippen molar-refractivity contribution in [3.8, 4) is 0 Å². The van der Waals surface area contributed by atoms with Crippen LogP contribution in [0.25, 0.3) is 0 Å². The number of ether oxygens (including phenoxy) is 2. The van der Waals surface area contributed by atoms with E-state index in [4.69, 9.17) is 26.2 Å². The molecule has 5 atom stereocenters. The maximum atomic E-state index is 10.7. The van der Waals surface area contributed by atoms with Gasteiger partial charge in [0.15, 0.2) is 12.4 Å². The molecule has 1 heterocycles. The highest BCUT2D eigenvalue weighted by Crippen LogP contribution is 2.22. The highest BCUT2D eigenvalue weighted by atomic mass is 35.5. The Bertz CT molecular complexity index is 249. The van der Waals surface area contributed by atoms with E-state index in [1.807, 2.05) is 0 Å². The summed E-state index contributed by atoms with van der Waals surface area (Å²) in [6.45, 7) is 0.0262. The molecular formula is C8H13ClO7. The second-order valence-corrected chi connectivity index (χ2v) is 3.67. The van der Waals surface area contributed by atoms with Crippen molar-refractivity contribution < 1.29 is 34.7 Å². The normalized spacial score (nSPS) is 39.6. The lowest BCUT2D eigenvalue weighted by Gasteiger charge is -2.38. The van der Waals surface area contributed by atoms with Crippen LogP contribution in [0.1, 0.15) is 0 Å². The fourth-order valence-corrected chi connectivity index (χ4v) is 1.44. The lowest BCUT2D eigenvalue weighted by Crippen LogP contribution is -2.60. The Morgan fingerprint density at radius 2 is 1.88 bits per heavy atom. The number of carboxylic acid groups (broad SMARTS) is 1. The molecule has 0 bridgehead atoms. The first-order valence-corrected chi connectivity index (χ1v) is 5.12. The molecule has 0 unspecified atom stereocenters. The summed E-state index contributed by atoms with van der Waals surface area (Å²) in [4.78, 5) is 10.7. The molecule has 0 aromatic heterocycles. The van der Waals surface area contributed by atoms with Crippen LogP contribution in [0, 0.1) is 0 Å².